The van der Waals surface area contributed by atoms with E-state index in [1.54, 1.807) is 35.1 Å². The predicted octanol–water partition coefficient (Wildman–Crippen LogP) is 3.46. The van der Waals surface area contributed by atoms with Crippen molar-refractivity contribution in [3.63, 3.8) is 0 Å². The lowest BCUT2D eigenvalue weighted by Gasteiger charge is -2.07. The van der Waals surface area contributed by atoms with Gasteiger partial charge < -0.3 is 5.32 Å². The van der Waals surface area contributed by atoms with Crippen LogP contribution in [0.4, 0.5) is 5.69 Å². The molecular weight excluding hydrogens is 328 g/mol. The number of carbonyl (C=O) groups excluding carboxylic acids is 2. The molecule has 1 amide bonds. The highest BCUT2D eigenvalue weighted by Gasteiger charge is 2.27. The normalized spacial score (nSPS) is 13.8. The molecule has 1 N–H and O–H groups in total. The summed E-state index contributed by atoms with van der Waals surface area (Å²) in [6, 6.07) is 8.93. The number of aromatic nitrogens is 3. The first-order valence-electron chi connectivity index (χ1n) is 8.76. The number of fused-ring (bicyclic) bond motifs is 1. The number of rotatable bonds is 5. The number of amides is 1. The van der Waals surface area contributed by atoms with Gasteiger partial charge in [-0.2, -0.15) is 5.10 Å². The maximum atomic E-state index is 12.4. The van der Waals surface area contributed by atoms with Crippen molar-refractivity contribution < 1.29 is 9.59 Å². The van der Waals surface area contributed by atoms with Crippen LogP contribution in [0, 0.1) is 6.92 Å². The molecule has 132 valence electrons. The quantitative estimate of drug-likeness (QED) is 0.716. The van der Waals surface area contributed by atoms with Gasteiger partial charge in [-0.25, -0.2) is 9.67 Å². The summed E-state index contributed by atoms with van der Waals surface area (Å²) in [4.78, 5) is 28.2. The summed E-state index contributed by atoms with van der Waals surface area (Å²) in [5.74, 6) is 0.424. The second kappa shape index (κ2) is 6.37. The number of Topliss-reactive ketones (excluding diaryl/α,β-unsaturated/α-hetero) is 1. The Morgan fingerprint density at radius 3 is 2.58 bits per heavy atom. The summed E-state index contributed by atoms with van der Waals surface area (Å²) in [6.07, 6.45) is 4.22. The van der Waals surface area contributed by atoms with E-state index in [9.17, 15) is 9.59 Å². The van der Waals surface area contributed by atoms with E-state index in [2.05, 4.69) is 21.5 Å². The van der Waals surface area contributed by atoms with Crippen LogP contribution in [0.2, 0.25) is 0 Å². The maximum absolute atomic E-state index is 12.4. The zero-order valence-corrected chi connectivity index (χ0v) is 14.8. The van der Waals surface area contributed by atoms with Gasteiger partial charge in [-0.3, -0.25) is 9.59 Å². The highest BCUT2D eigenvalue weighted by atomic mass is 16.2. The third-order valence-corrected chi connectivity index (χ3v) is 4.73. The number of nitrogens with zero attached hydrogens (tertiary/aromatic N) is 3. The number of anilines is 1. The predicted molar refractivity (Wildman–Crippen MR) is 99.3 cm³/mol. The van der Waals surface area contributed by atoms with Gasteiger partial charge in [0.05, 0.1) is 5.69 Å². The van der Waals surface area contributed by atoms with Gasteiger partial charge in [0.2, 0.25) is 5.91 Å². The maximum Gasteiger partial charge on any atom is 0.246 e. The fourth-order valence-corrected chi connectivity index (χ4v) is 3.28. The Labute approximate surface area is 151 Å². The summed E-state index contributed by atoms with van der Waals surface area (Å²) in [7, 11) is 0. The number of pyridine rings is 1. The molecule has 6 nitrogen and oxygen atoms in total. The Balaban J connectivity index is 1.54. The zero-order valence-electron chi connectivity index (χ0n) is 14.8. The van der Waals surface area contributed by atoms with E-state index in [0.717, 1.165) is 16.7 Å². The summed E-state index contributed by atoms with van der Waals surface area (Å²) >= 11 is 0. The van der Waals surface area contributed by atoms with Gasteiger partial charge in [0.15, 0.2) is 11.4 Å². The van der Waals surface area contributed by atoms with Crippen molar-refractivity contribution in [1.29, 1.82) is 0 Å². The molecule has 2 aromatic heterocycles. The van der Waals surface area contributed by atoms with Crippen LogP contribution in [0.1, 0.15) is 47.3 Å². The highest BCUT2D eigenvalue weighted by molar-refractivity contribution is 5.96. The Bertz CT molecular complexity index is 1000. The summed E-state index contributed by atoms with van der Waals surface area (Å²) in [5, 5.41) is 8.45. The number of benzene rings is 1. The van der Waals surface area contributed by atoms with E-state index in [4.69, 9.17) is 0 Å². The minimum absolute atomic E-state index is 0.00101. The molecule has 2 heterocycles. The van der Waals surface area contributed by atoms with Crippen molar-refractivity contribution in [2.75, 3.05) is 5.32 Å². The van der Waals surface area contributed by atoms with Crippen molar-refractivity contribution in [3.05, 3.63) is 53.3 Å². The second-order valence-electron chi connectivity index (χ2n) is 6.80. The smallest absolute Gasteiger partial charge is 0.246 e. The summed E-state index contributed by atoms with van der Waals surface area (Å²) in [5.41, 5.74) is 4.23. The molecule has 0 spiro atoms. The molecule has 1 saturated carbocycles. The SMILES string of the molecule is CC(=O)c1ccc(NC(=O)Cn2nc(C)c3c(C4CC4)ccnc32)cc1. The highest BCUT2D eigenvalue weighted by Crippen LogP contribution is 2.43. The molecule has 0 bridgehead atoms. The second-order valence-corrected chi connectivity index (χ2v) is 6.80. The lowest BCUT2D eigenvalue weighted by atomic mass is 10.1. The van der Waals surface area contributed by atoms with Gasteiger partial charge in [-0.05, 0) is 68.5 Å². The van der Waals surface area contributed by atoms with Crippen molar-refractivity contribution in [2.45, 2.75) is 39.2 Å². The largest absolute Gasteiger partial charge is 0.324 e. The van der Waals surface area contributed by atoms with E-state index in [0.29, 0.717) is 17.2 Å². The molecule has 0 atom stereocenters. The topological polar surface area (TPSA) is 76.9 Å². The zero-order chi connectivity index (χ0) is 18.3. The van der Waals surface area contributed by atoms with E-state index in [1.807, 2.05) is 6.92 Å². The third-order valence-electron chi connectivity index (χ3n) is 4.73. The van der Waals surface area contributed by atoms with Gasteiger partial charge in [-0.15, -0.1) is 0 Å². The van der Waals surface area contributed by atoms with Crippen LogP contribution in [0.15, 0.2) is 36.5 Å². The Morgan fingerprint density at radius 1 is 1.19 bits per heavy atom. The molecule has 1 aliphatic carbocycles. The standard InChI is InChI=1S/C20H20N4O2/c1-12-19-17(15-3-4-15)9-10-21-20(19)24(23-12)11-18(26)22-16-7-5-14(6-8-16)13(2)25/h5-10,15H,3-4,11H2,1-2H3,(H,22,26). The fourth-order valence-electron chi connectivity index (χ4n) is 3.28. The van der Waals surface area contributed by atoms with Crippen molar-refractivity contribution in [3.8, 4) is 0 Å². The molecule has 1 aromatic carbocycles. The van der Waals surface area contributed by atoms with Gasteiger partial charge in [0.25, 0.3) is 0 Å². The molecule has 1 aliphatic rings. The number of hydrogen-bond donors (Lipinski definition) is 1. The lowest BCUT2D eigenvalue weighted by Crippen LogP contribution is -2.19. The van der Waals surface area contributed by atoms with Gasteiger partial charge >= 0.3 is 0 Å². The monoisotopic (exact) mass is 348 g/mol. The first-order chi connectivity index (χ1) is 12.5. The van der Waals surface area contributed by atoms with Crippen LogP contribution in [-0.2, 0) is 11.3 Å². The molecule has 0 radical (unpaired) electrons. The molecule has 3 aromatic rings. The fraction of sp³-hybridized carbons (Fsp3) is 0.300. The summed E-state index contributed by atoms with van der Waals surface area (Å²) < 4.78 is 1.66. The Kier molecular flexibility index (Phi) is 4.03. The van der Waals surface area contributed by atoms with Crippen LogP contribution in [-0.4, -0.2) is 26.5 Å². The van der Waals surface area contributed by atoms with Crippen LogP contribution in [0.5, 0.6) is 0 Å². The minimum atomic E-state index is -0.177. The Morgan fingerprint density at radius 2 is 1.92 bits per heavy atom. The van der Waals surface area contributed by atoms with Crippen LogP contribution < -0.4 is 5.32 Å². The molecule has 6 heteroatoms. The molecule has 0 saturated heterocycles. The number of carbonyl (C=O) groups is 2. The van der Waals surface area contributed by atoms with Crippen molar-refractivity contribution >= 4 is 28.4 Å². The average Bonchev–Trinajstić information content (AvgIpc) is 3.41. The van der Waals surface area contributed by atoms with Crippen LogP contribution >= 0.6 is 0 Å². The number of ketones is 1. The number of nitrogens with one attached hydrogen (secondary N) is 1. The van der Waals surface area contributed by atoms with Gasteiger partial charge in [0, 0.05) is 22.8 Å². The lowest BCUT2D eigenvalue weighted by molar-refractivity contribution is -0.116. The van der Waals surface area contributed by atoms with E-state index in [-0.39, 0.29) is 18.2 Å². The van der Waals surface area contributed by atoms with Crippen molar-refractivity contribution in [2.24, 2.45) is 0 Å². The van der Waals surface area contributed by atoms with Gasteiger partial charge in [-0.1, -0.05) is 0 Å². The molecule has 0 unspecified atom stereocenters. The van der Waals surface area contributed by atoms with E-state index >= 15 is 0 Å². The molecule has 4 rings (SSSR count). The van der Waals surface area contributed by atoms with Crippen molar-refractivity contribution in [1.82, 2.24) is 14.8 Å². The molecule has 0 aliphatic heterocycles. The third kappa shape index (κ3) is 3.10. The van der Waals surface area contributed by atoms with Crippen LogP contribution in [0.3, 0.4) is 0 Å². The average molecular weight is 348 g/mol. The molecular formula is C20H20N4O2. The van der Waals surface area contributed by atoms with E-state index < -0.39 is 0 Å². The summed E-state index contributed by atoms with van der Waals surface area (Å²) in [6.45, 7) is 3.58. The number of hydrogen-bond acceptors (Lipinski definition) is 4. The minimum Gasteiger partial charge on any atom is -0.324 e. The Hall–Kier alpha value is -3.02. The van der Waals surface area contributed by atoms with E-state index in [1.165, 1.54) is 25.3 Å². The van der Waals surface area contributed by atoms with Gasteiger partial charge in [0.1, 0.15) is 6.54 Å². The first kappa shape index (κ1) is 16.4. The van der Waals surface area contributed by atoms with Crippen LogP contribution in [0.25, 0.3) is 11.0 Å². The molecule has 26 heavy (non-hydrogen) atoms. The molecule has 1 fully saturated rings. The first-order valence-corrected chi connectivity index (χ1v) is 8.76. The number of aryl methyl sites for hydroxylation is 1.